The zero-order valence-corrected chi connectivity index (χ0v) is 12.4. The highest BCUT2D eigenvalue weighted by Gasteiger charge is 2.31. The van der Waals surface area contributed by atoms with Crippen LogP contribution in [0, 0.1) is 0 Å². The van der Waals surface area contributed by atoms with Crippen molar-refractivity contribution < 1.29 is 4.74 Å². The van der Waals surface area contributed by atoms with E-state index in [0.29, 0.717) is 11.2 Å². The Kier molecular flexibility index (Phi) is 4.50. The standard InChI is InChI=1S/C15H21N3OS/c20-15(17-12-5-2-1-3-6-12)16-9-14-10-18-8-4-7-13(18)11-19-14/h1-3,5-6,13-14H,4,7-11H2,(H2,16,17,20). The molecule has 20 heavy (non-hydrogen) atoms. The van der Waals surface area contributed by atoms with E-state index in [2.05, 4.69) is 15.5 Å². The summed E-state index contributed by atoms with van der Waals surface area (Å²) in [6.07, 6.45) is 2.83. The number of fused-ring (bicyclic) bond motifs is 1. The number of morpholine rings is 1. The van der Waals surface area contributed by atoms with E-state index in [1.165, 1.54) is 19.4 Å². The van der Waals surface area contributed by atoms with Crippen LogP contribution in [0.1, 0.15) is 12.8 Å². The number of hydrogen-bond donors (Lipinski definition) is 2. The molecule has 2 N–H and O–H groups in total. The summed E-state index contributed by atoms with van der Waals surface area (Å²) in [5, 5.41) is 7.08. The van der Waals surface area contributed by atoms with Crippen LogP contribution in [0.4, 0.5) is 5.69 Å². The van der Waals surface area contributed by atoms with Crippen molar-refractivity contribution in [1.82, 2.24) is 10.2 Å². The van der Waals surface area contributed by atoms with Crippen LogP contribution in [0.25, 0.3) is 0 Å². The van der Waals surface area contributed by atoms with Crippen LogP contribution in [0.3, 0.4) is 0 Å². The monoisotopic (exact) mass is 291 g/mol. The molecule has 2 atom stereocenters. The van der Waals surface area contributed by atoms with Crippen molar-refractivity contribution in [2.45, 2.75) is 25.0 Å². The molecule has 0 radical (unpaired) electrons. The zero-order chi connectivity index (χ0) is 13.8. The average Bonchev–Trinajstić information content (AvgIpc) is 2.93. The van der Waals surface area contributed by atoms with Crippen molar-refractivity contribution in [2.24, 2.45) is 0 Å². The van der Waals surface area contributed by atoms with E-state index in [1.807, 2.05) is 30.3 Å². The van der Waals surface area contributed by atoms with Gasteiger partial charge in [0.1, 0.15) is 0 Å². The molecular formula is C15H21N3OS. The normalized spacial score (nSPS) is 26.0. The number of nitrogens with one attached hydrogen (secondary N) is 2. The van der Waals surface area contributed by atoms with Crippen molar-refractivity contribution in [3.8, 4) is 0 Å². The number of nitrogens with zero attached hydrogens (tertiary/aromatic N) is 1. The Bertz CT molecular complexity index is 454. The first-order chi connectivity index (χ1) is 9.81. The molecule has 2 aliphatic rings. The van der Waals surface area contributed by atoms with E-state index in [1.54, 1.807) is 0 Å². The number of anilines is 1. The van der Waals surface area contributed by atoms with E-state index in [0.717, 1.165) is 25.4 Å². The van der Waals surface area contributed by atoms with Gasteiger partial charge in [0, 0.05) is 24.8 Å². The van der Waals surface area contributed by atoms with Crippen molar-refractivity contribution in [3.63, 3.8) is 0 Å². The maximum absolute atomic E-state index is 5.90. The van der Waals surface area contributed by atoms with Crippen LogP contribution < -0.4 is 10.6 Å². The topological polar surface area (TPSA) is 36.5 Å². The van der Waals surface area contributed by atoms with E-state index >= 15 is 0 Å². The lowest BCUT2D eigenvalue weighted by Crippen LogP contribution is -2.50. The van der Waals surface area contributed by atoms with Gasteiger partial charge < -0.3 is 15.4 Å². The molecule has 2 unspecified atom stereocenters. The highest BCUT2D eigenvalue weighted by atomic mass is 32.1. The third-order valence-corrected chi connectivity index (χ3v) is 4.23. The second-order valence-corrected chi connectivity index (χ2v) is 5.86. The van der Waals surface area contributed by atoms with Crippen LogP contribution >= 0.6 is 12.2 Å². The van der Waals surface area contributed by atoms with Gasteiger partial charge in [0.05, 0.1) is 12.7 Å². The van der Waals surface area contributed by atoms with E-state index in [4.69, 9.17) is 17.0 Å². The predicted molar refractivity (Wildman–Crippen MR) is 85.0 cm³/mol. The summed E-state index contributed by atoms with van der Waals surface area (Å²) in [5.41, 5.74) is 1.01. The van der Waals surface area contributed by atoms with Crippen LogP contribution in [0.5, 0.6) is 0 Å². The Morgan fingerprint density at radius 1 is 1.35 bits per heavy atom. The summed E-state index contributed by atoms with van der Waals surface area (Å²) < 4.78 is 5.90. The number of benzene rings is 1. The van der Waals surface area contributed by atoms with Crippen molar-refractivity contribution in [2.75, 3.05) is 31.6 Å². The van der Waals surface area contributed by atoms with Gasteiger partial charge >= 0.3 is 0 Å². The van der Waals surface area contributed by atoms with Crippen molar-refractivity contribution in [3.05, 3.63) is 30.3 Å². The molecule has 1 aromatic rings. The third-order valence-electron chi connectivity index (χ3n) is 3.98. The summed E-state index contributed by atoms with van der Waals surface area (Å²) in [7, 11) is 0. The fourth-order valence-corrected chi connectivity index (χ4v) is 3.11. The summed E-state index contributed by atoms with van der Waals surface area (Å²) in [4.78, 5) is 2.55. The minimum Gasteiger partial charge on any atom is -0.373 e. The Labute approximate surface area is 125 Å². The Morgan fingerprint density at radius 2 is 2.20 bits per heavy atom. The fraction of sp³-hybridized carbons (Fsp3) is 0.533. The molecule has 4 nitrogen and oxygen atoms in total. The van der Waals surface area contributed by atoms with E-state index in [9.17, 15) is 0 Å². The molecule has 0 saturated carbocycles. The highest BCUT2D eigenvalue weighted by molar-refractivity contribution is 7.80. The Hall–Kier alpha value is -1.17. The molecule has 1 aromatic carbocycles. The first kappa shape index (κ1) is 13.8. The molecule has 0 bridgehead atoms. The van der Waals surface area contributed by atoms with Crippen LogP contribution in [-0.2, 0) is 4.74 Å². The van der Waals surface area contributed by atoms with Crippen LogP contribution in [0.15, 0.2) is 30.3 Å². The smallest absolute Gasteiger partial charge is 0.170 e. The second-order valence-electron chi connectivity index (χ2n) is 5.45. The lowest BCUT2D eigenvalue weighted by atomic mass is 10.2. The molecule has 5 heteroatoms. The number of para-hydroxylation sites is 1. The summed E-state index contributed by atoms with van der Waals surface area (Å²) in [6.45, 7) is 3.87. The van der Waals surface area contributed by atoms with Gasteiger partial charge in [-0.05, 0) is 43.7 Å². The SMILES string of the molecule is S=C(NCC1CN2CCCC2CO1)Nc1ccccc1. The fourth-order valence-electron chi connectivity index (χ4n) is 2.91. The number of hydrogen-bond acceptors (Lipinski definition) is 3. The van der Waals surface area contributed by atoms with Gasteiger partial charge in [-0.15, -0.1) is 0 Å². The molecule has 2 aliphatic heterocycles. The number of thiocarbonyl (C=S) groups is 1. The van der Waals surface area contributed by atoms with Gasteiger partial charge in [-0.25, -0.2) is 0 Å². The summed E-state index contributed by atoms with van der Waals surface area (Å²) >= 11 is 5.31. The number of ether oxygens (including phenoxy) is 1. The maximum Gasteiger partial charge on any atom is 0.170 e. The van der Waals surface area contributed by atoms with Gasteiger partial charge in [0.15, 0.2) is 5.11 Å². The molecule has 108 valence electrons. The molecule has 3 rings (SSSR count). The third kappa shape index (κ3) is 3.48. The average molecular weight is 291 g/mol. The Morgan fingerprint density at radius 3 is 3.05 bits per heavy atom. The largest absolute Gasteiger partial charge is 0.373 e. The van der Waals surface area contributed by atoms with Gasteiger partial charge in [-0.1, -0.05) is 18.2 Å². The van der Waals surface area contributed by atoms with Crippen LogP contribution in [0.2, 0.25) is 0 Å². The van der Waals surface area contributed by atoms with E-state index < -0.39 is 0 Å². The molecule has 0 aliphatic carbocycles. The molecule has 0 aromatic heterocycles. The summed E-state index contributed by atoms with van der Waals surface area (Å²) in [6, 6.07) is 10.6. The van der Waals surface area contributed by atoms with Gasteiger partial charge in [-0.2, -0.15) is 0 Å². The molecular weight excluding hydrogens is 270 g/mol. The quantitative estimate of drug-likeness (QED) is 0.831. The maximum atomic E-state index is 5.90. The van der Waals surface area contributed by atoms with E-state index in [-0.39, 0.29) is 6.10 Å². The predicted octanol–water partition coefficient (Wildman–Crippen LogP) is 1.84. The van der Waals surface area contributed by atoms with Crippen molar-refractivity contribution >= 4 is 23.0 Å². The minimum atomic E-state index is 0.236. The first-order valence-electron chi connectivity index (χ1n) is 7.27. The van der Waals surface area contributed by atoms with Crippen LogP contribution in [-0.4, -0.2) is 48.4 Å². The lowest BCUT2D eigenvalue weighted by molar-refractivity contribution is -0.0451. The van der Waals surface area contributed by atoms with Gasteiger partial charge in [0.25, 0.3) is 0 Å². The second kappa shape index (κ2) is 6.52. The Balaban J connectivity index is 1.42. The summed E-state index contributed by atoms with van der Waals surface area (Å²) in [5.74, 6) is 0. The molecule has 2 heterocycles. The zero-order valence-electron chi connectivity index (χ0n) is 11.5. The first-order valence-corrected chi connectivity index (χ1v) is 7.67. The minimum absolute atomic E-state index is 0.236. The molecule has 0 amide bonds. The lowest BCUT2D eigenvalue weighted by Gasteiger charge is -2.35. The molecule has 2 saturated heterocycles. The molecule has 2 fully saturated rings. The molecule has 0 spiro atoms. The highest BCUT2D eigenvalue weighted by Crippen LogP contribution is 2.22. The number of rotatable bonds is 3. The van der Waals surface area contributed by atoms with Crippen molar-refractivity contribution in [1.29, 1.82) is 0 Å². The van der Waals surface area contributed by atoms with Gasteiger partial charge in [0.2, 0.25) is 0 Å². The van der Waals surface area contributed by atoms with Gasteiger partial charge in [-0.3, -0.25) is 4.90 Å².